The van der Waals surface area contributed by atoms with Crippen molar-refractivity contribution >= 4 is 0 Å². The SMILES string of the molecule is COc1ccccc1OCCOCCN1CCC[C@@H](C)C1. The standard InChI is InChI=1S/C17H27NO3/c1-15-6-5-9-18(14-15)10-11-20-12-13-21-17-8-4-3-7-16(17)19-2/h3-4,7-8,15H,5-6,9-14H2,1-2H3/t15-/m1/s1. The van der Waals surface area contributed by atoms with E-state index in [1.54, 1.807) is 7.11 Å². The average Bonchev–Trinajstić information content (AvgIpc) is 2.51. The summed E-state index contributed by atoms with van der Waals surface area (Å²) in [5.74, 6) is 2.36. The van der Waals surface area contributed by atoms with Gasteiger partial charge in [-0.1, -0.05) is 19.1 Å². The number of hydrogen-bond acceptors (Lipinski definition) is 4. The Morgan fingerprint density at radius 1 is 1.14 bits per heavy atom. The molecule has 0 aliphatic carbocycles. The Kier molecular flexibility index (Phi) is 6.83. The van der Waals surface area contributed by atoms with Gasteiger partial charge in [-0.15, -0.1) is 0 Å². The summed E-state index contributed by atoms with van der Waals surface area (Å²) < 4.78 is 16.6. The van der Waals surface area contributed by atoms with E-state index in [4.69, 9.17) is 14.2 Å². The first kappa shape index (κ1) is 16.1. The van der Waals surface area contributed by atoms with E-state index >= 15 is 0 Å². The van der Waals surface area contributed by atoms with Crippen molar-refractivity contribution in [3.8, 4) is 11.5 Å². The van der Waals surface area contributed by atoms with Gasteiger partial charge in [-0.05, 0) is 37.4 Å². The number of benzene rings is 1. The van der Waals surface area contributed by atoms with Crippen molar-refractivity contribution in [1.29, 1.82) is 0 Å². The second-order valence-electron chi connectivity index (χ2n) is 5.66. The van der Waals surface area contributed by atoms with E-state index in [-0.39, 0.29) is 0 Å². The number of nitrogens with zero attached hydrogens (tertiary/aromatic N) is 1. The van der Waals surface area contributed by atoms with Crippen molar-refractivity contribution < 1.29 is 14.2 Å². The molecular weight excluding hydrogens is 266 g/mol. The van der Waals surface area contributed by atoms with Crippen LogP contribution >= 0.6 is 0 Å². The maximum Gasteiger partial charge on any atom is 0.161 e. The van der Waals surface area contributed by atoms with E-state index < -0.39 is 0 Å². The fourth-order valence-electron chi connectivity index (χ4n) is 2.73. The monoisotopic (exact) mass is 293 g/mol. The lowest BCUT2D eigenvalue weighted by atomic mass is 10.0. The zero-order valence-electron chi connectivity index (χ0n) is 13.2. The number of methoxy groups -OCH3 is 1. The summed E-state index contributed by atoms with van der Waals surface area (Å²) in [6.45, 7) is 7.72. The first-order chi connectivity index (χ1) is 10.3. The molecule has 0 radical (unpaired) electrons. The van der Waals surface area contributed by atoms with Crippen molar-refractivity contribution in [2.24, 2.45) is 5.92 Å². The van der Waals surface area contributed by atoms with Crippen LogP contribution in [0, 0.1) is 5.92 Å². The van der Waals surface area contributed by atoms with Gasteiger partial charge in [-0.2, -0.15) is 0 Å². The fourth-order valence-corrected chi connectivity index (χ4v) is 2.73. The minimum absolute atomic E-state index is 0.552. The van der Waals surface area contributed by atoms with Crippen LogP contribution in [-0.2, 0) is 4.74 Å². The molecule has 1 aromatic carbocycles. The van der Waals surface area contributed by atoms with Crippen molar-refractivity contribution in [1.82, 2.24) is 4.90 Å². The van der Waals surface area contributed by atoms with Crippen molar-refractivity contribution in [2.45, 2.75) is 19.8 Å². The summed E-state index contributed by atoms with van der Waals surface area (Å²) in [6, 6.07) is 7.68. The first-order valence-corrected chi connectivity index (χ1v) is 7.85. The van der Waals surface area contributed by atoms with Crippen molar-refractivity contribution in [2.75, 3.05) is 46.6 Å². The maximum atomic E-state index is 5.67. The van der Waals surface area contributed by atoms with Gasteiger partial charge in [0.15, 0.2) is 11.5 Å². The minimum atomic E-state index is 0.552. The summed E-state index contributed by atoms with van der Waals surface area (Å²) in [5, 5.41) is 0. The van der Waals surface area contributed by atoms with E-state index in [9.17, 15) is 0 Å². The molecule has 21 heavy (non-hydrogen) atoms. The largest absolute Gasteiger partial charge is 0.493 e. The predicted molar refractivity (Wildman–Crippen MR) is 84.1 cm³/mol. The molecule has 1 heterocycles. The van der Waals surface area contributed by atoms with E-state index in [2.05, 4.69) is 11.8 Å². The van der Waals surface area contributed by atoms with Gasteiger partial charge in [0, 0.05) is 13.1 Å². The highest BCUT2D eigenvalue weighted by Crippen LogP contribution is 2.25. The van der Waals surface area contributed by atoms with Crippen LogP contribution in [-0.4, -0.2) is 51.5 Å². The molecule has 0 saturated carbocycles. The predicted octanol–water partition coefficient (Wildman–Crippen LogP) is 2.82. The topological polar surface area (TPSA) is 30.9 Å². The quantitative estimate of drug-likeness (QED) is 0.690. The number of likely N-dealkylation sites (tertiary alicyclic amines) is 1. The summed E-state index contributed by atoms with van der Waals surface area (Å²) in [6.07, 6.45) is 2.68. The number of hydrogen-bond donors (Lipinski definition) is 0. The average molecular weight is 293 g/mol. The Morgan fingerprint density at radius 3 is 2.71 bits per heavy atom. The van der Waals surface area contributed by atoms with Crippen LogP contribution in [0.2, 0.25) is 0 Å². The second kappa shape index (κ2) is 8.90. The molecule has 1 aromatic rings. The molecule has 4 heteroatoms. The lowest BCUT2D eigenvalue weighted by Crippen LogP contribution is -2.36. The van der Waals surface area contributed by atoms with Gasteiger partial charge in [-0.3, -0.25) is 0 Å². The van der Waals surface area contributed by atoms with E-state index in [1.165, 1.54) is 25.9 Å². The van der Waals surface area contributed by atoms with Crippen LogP contribution < -0.4 is 9.47 Å². The van der Waals surface area contributed by atoms with Gasteiger partial charge in [0.2, 0.25) is 0 Å². The Labute approximate surface area is 128 Å². The first-order valence-electron chi connectivity index (χ1n) is 7.85. The summed E-state index contributed by atoms with van der Waals surface area (Å²) in [4.78, 5) is 2.50. The molecule has 0 unspecified atom stereocenters. The van der Waals surface area contributed by atoms with Gasteiger partial charge in [0.1, 0.15) is 6.61 Å². The Bertz CT molecular complexity index is 411. The number of piperidine rings is 1. The normalized spacial score (nSPS) is 19.4. The van der Waals surface area contributed by atoms with Gasteiger partial charge in [-0.25, -0.2) is 0 Å². The fraction of sp³-hybridized carbons (Fsp3) is 0.647. The van der Waals surface area contributed by atoms with Crippen LogP contribution in [0.15, 0.2) is 24.3 Å². The van der Waals surface area contributed by atoms with E-state index in [0.29, 0.717) is 13.2 Å². The molecule has 0 N–H and O–H groups in total. The molecule has 1 atom stereocenters. The van der Waals surface area contributed by atoms with Crippen LogP contribution in [0.25, 0.3) is 0 Å². The lowest BCUT2D eigenvalue weighted by Gasteiger charge is -2.30. The van der Waals surface area contributed by atoms with E-state index in [0.717, 1.165) is 30.6 Å². The molecule has 0 spiro atoms. The third-order valence-corrected chi connectivity index (χ3v) is 3.85. The van der Waals surface area contributed by atoms with Gasteiger partial charge in [0.25, 0.3) is 0 Å². The van der Waals surface area contributed by atoms with Gasteiger partial charge in [0.05, 0.1) is 20.3 Å². The number of para-hydroxylation sites is 2. The highest BCUT2D eigenvalue weighted by Gasteiger charge is 2.15. The molecule has 4 nitrogen and oxygen atoms in total. The van der Waals surface area contributed by atoms with Gasteiger partial charge >= 0.3 is 0 Å². The number of rotatable bonds is 8. The highest BCUT2D eigenvalue weighted by atomic mass is 16.5. The van der Waals surface area contributed by atoms with Crippen molar-refractivity contribution in [3.05, 3.63) is 24.3 Å². The third kappa shape index (κ3) is 5.56. The van der Waals surface area contributed by atoms with E-state index in [1.807, 2.05) is 24.3 Å². The zero-order valence-corrected chi connectivity index (χ0v) is 13.2. The second-order valence-corrected chi connectivity index (χ2v) is 5.66. The molecular formula is C17H27NO3. The summed E-state index contributed by atoms with van der Waals surface area (Å²) in [7, 11) is 1.65. The van der Waals surface area contributed by atoms with Crippen LogP contribution in [0.5, 0.6) is 11.5 Å². The van der Waals surface area contributed by atoms with Gasteiger partial charge < -0.3 is 19.1 Å². The molecule has 0 aromatic heterocycles. The molecule has 118 valence electrons. The highest BCUT2D eigenvalue weighted by molar-refractivity contribution is 5.39. The zero-order chi connectivity index (χ0) is 14.9. The van der Waals surface area contributed by atoms with Crippen LogP contribution in [0.1, 0.15) is 19.8 Å². The third-order valence-electron chi connectivity index (χ3n) is 3.85. The van der Waals surface area contributed by atoms with Crippen LogP contribution in [0.4, 0.5) is 0 Å². The minimum Gasteiger partial charge on any atom is -0.493 e. The molecule has 2 rings (SSSR count). The maximum absolute atomic E-state index is 5.67. The Balaban J connectivity index is 1.56. The summed E-state index contributed by atoms with van der Waals surface area (Å²) >= 11 is 0. The lowest BCUT2D eigenvalue weighted by molar-refractivity contribution is 0.0683. The smallest absolute Gasteiger partial charge is 0.161 e. The number of ether oxygens (including phenoxy) is 3. The molecule has 1 fully saturated rings. The van der Waals surface area contributed by atoms with Crippen LogP contribution in [0.3, 0.4) is 0 Å². The molecule has 1 aliphatic heterocycles. The molecule has 0 bridgehead atoms. The molecule has 1 saturated heterocycles. The molecule has 1 aliphatic rings. The summed E-state index contributed by atoms with van der Waals surface area (Å²) in [5.41, 5.74) is 0. The Hall–Kier alpha value is -1.26. The van der Waals surface area contributed by atoms with Crippen molar-refractivity contribution in [3.63, 3.8) is 0 Å². The molecule has 0 amide bonds. The Morgan fingerprint density at radius 2 is 1.95 bits per heavy atom.